The molecule has 0 spiro atoms. The average Bonchev–Trinajstić information content (AvgIpc) is 2.21. The van der Waals surface area contributed by atoms with Crippen LogP contribution in [0.15, 0.2) is 18.2 Å². The molecule has 6 heteroatoms. The van der Waals surface area contributed by atoms with Crippen LogP contribution in [0.4, 0.5) is 4.39 Å². The summed E-state index contributed by atoms with van der Waals surface area (Å²) in [5.41, 5.74) is 5.88. The van der Waals surface area contributed by atoms with Crippen molar-refractivity contribution in [3.63, 3.8) is 0 Å². The van der Waals surface area contributed by atoms with Crippen LogP contribution in [0, 0.1) is 9.39 Å². The molecule has 1 amide bonds. The quantitative estimate of drug-likeness (QED) is 0.797. The van der Waals surface area contributed by atoms with Crippen LogP contribution in [0.3, 0.4) is 0 Å². The Hall–Kier alpha value is -0.400. The topological polar surface area (TPSA) is 55.1 Å². The summed E-state index contributed by atoms with van der Waals surface area (Å²) in [4.78, 5) is 11.6. The van der Waals surface area contributed by atoms with Gasteiger partial charge in [-0.15, -0.1) is 12.4 Å². The second-order valence-electron chi connectivity index (χ2n) is 3.65. The third-order valence-corrected chi connectivity index (χ3v) is 2.94. The maximum Gasteiger partial charge on any atom is 0.251 e. The molecule has 0 aliphatic heterocycles. The summed E-state index contributed by atoms with van der Waals surface area (Å²) >= 11 is 1.88. The zero-order valence-corrected chi connectivity index (χ0v) is 12.3. The molecule has 1 rings (SSSR count). The number of carbonyl (C=O) groups excluding carboxylic acids is 1. The van der Waals surface area contributed by atoms with E-state index in [4.69, 9.17) is 5.73 Å². The minimum Gasteiger partial charge on any atom is -0.352 e. The van der Waals surface area contributed by atoms with Gasteiger partial charge in [0, 0.05) is 21.7 Å². The van der Waals surface area contributed by atoms with Crippen LogP contribution in [0.2, 0.25) is 0 Å². The van der Waals surface area contributed by atoms with Gasteiger partial charge in [-0.3, -0.25) is 4.79 Å². The molecule has 0 saturated heterocycles. The van der Waals surface area contributed by atoms with Crippen molar-refractivity contribution in [2.75, 3.05) is 6.54 Å². The molecule has 1 atom stereocenters. The van der Waals surface area contributed by atoms with Crippen molar-refractivity contribution in [2.24, 2.45) is 5.73 Å². The third kappa shape index (κ3) is 5.65. The molecule has 0 aromatic heterocycles. The van der Waals surface area contributed by atoms with Crippen LogP contribution >= 0.6 is 35.0 Å². The maximum atomic E-state index is 13.2. The number of halogens is 3. The lowest BCUT2D eigenvalue weighted by atomic mass is 10.2. The van der Waals surface area contributed by atoms with Crippen molar-refractivity contribution in [1.82, 2.24) is 5.32 Å². The summed E-state index contributed by atoms with van der Waals surface area (Å²) in [5.74, 6) is -0.642. The van der Waals surface area contributed by atoms with E-state index < -0.39 is 0 Å². The molecular weight excluding hydrogens is 357 g/mol. The first-order chi connectivity index (χ1) is 7.50. The molecule has 1 aromatic carbocycles. The van der Waals surface area contributed by atoms with Gasteiger partial charge >= 0.3 is 0 Å². The van der Waals surface area contributed by atoms with Crippen LogP contribution in [0.5, 0.6) is 0 Å². The van der Waals surface area contributed by atoms with E-state index in [1.807, 2.05) is 29.5 Å². The van der Waals surface area contributed by atoms with Crippen LogP contribution in [-0.4, -0.2) is 18.5 Å². The normalized spacial score (nSPS) is 11.5. The molecule has 3 nitrogen and oxygen atoms in total. The number of nitrogens with one attached hydrogen (secondary N) is 1. The molecule has 0 saturated carbocycles. The summed E-state index contributed by atoms with van der Waals surface area (Å²) in [7, 11) is 0. The smallest absolute Gasteiger partial charge is 0.251 e. The molecular formula is C11H15ClFIN2O. The molecule has 0 bridgehead atoms. The first-order valence-corrected chi connectivity index (χ1v) is 6.07. The first kappa shape index (κ1) is 16.6. The van der Waals surface area contributed by atoms with Gasteiger partial charge in [-0.25, -0.2) is 4.39 Å². The monoisotopic (exact) mass is 372 g/mol. The lowest BCUT2D eigenvalue weighted by Gasteiger charge is -2.07. The Morgan fingerprint density at radius 1 is 1.59 bits per heavy atom. The maximum absolute atomic E-state index is 13.2. The van der Waals surface area contributed by atoms with Gasteiger partial charge in [0.15, 0.2) is 0 Å². The molecule has 96 valence electrons. The van der Waals surface area contributed by atoms with Crippen LogP contribution < -0.4 is 11.1 Å². The van der Waals surface area contributed by atoms with Crippen LogP contribution in [-0.2, 0) is 0 Å². The zero-order valence-electron chi connectivity index (χ0n) is 9.37. The van der Waals surface area contributed by atoms with Crippen molar-refractivity contribution in [1.29, 1.82) is 0 Å². The standard InChI is InChI=1S/C11H14FIN2O.ClH/c1-7(14)4-5-15-11(16)8-2-3-10(13)9(12)6-8;/h2-3,6-7H,4-5,14H2,1H3,(H,15,16);1H. The molecule has 0 aliphatic carbocycles. The Bertz CT molecular complexity index is 388. The van der Waals surface area contributed by atoms with Crippen molar-refractivity contribution in [3.05, 3.63) is 33.1 Å². The van der Waals surface area contributed by atoms with Crippen molar-refractivity contribution >= 4 is 40.9 Å². The summed E-state index contributed by atoms with van der Waals surface area (Å²) < 4.78 is 13.7. The van der Waals surface area contributed by atoms with E-state index in [1.165, 1.54) is 6.07 Å². The lowest BCUT2D eigenvalue weighted by molar-refractivity contribution is 0.0952. The van der Waals surface area contributed by atoms with Gasteiger partial charge in [0.1, 0.15) is 5.82 Å². The van der Waals surface area contributed by atoms with Crippen molar-refractivity contribution in [3.8, 4) is 0 Å². The van der Waals surface area contributed by atoms with Crippen molar-refractivity contribution < 1.29 is 9.18 Å². The highest BCUT2D eigenvalue weighted by Crippen LogP contribution is 2.12. The summed E-state index contributed by atoms with van der Waals surface area (Å²) in [6.45, 7) is 2.38. The highest BCUT2D eigenvalue weighted by atomic mass is 127. The van der Waals surface area contributed by atoms with Crippen molar-refractivity contribution in [2.45, 2.75) is 19.4 Å². The Morgan fingerprint density at radius 2 is 2.24 bits per heavy atom. The number of amides is 1. The predicted octanol–water partition coefficient (Wildman–Crippen LogP) is 2.32. The minimum absolute atomic E-state index is 0. The van der Waals surface area contributed by atoms with E-state index >= 15 is 0 Å². The van der Waals surface area contributed by atoms with E-state index in [0.717, 1.165) is 0 Å². The SMILES string of the molecule is CC(N)CCNC(=O)c1ccc(I)c(F)c1.Cl. The van der Waals surface area contributed by atoms with E-state index in [-0.39, 0.29) is 30.2 Å². The van der Waals surface area contributed by atoms with Crippen LogP contribution in [0.25, 0.3) is 0 Å². The molecule has 3 N–H and O–H groups in total. The molecule has 0 aliphatic rings. The minimum atomic E-state index is -0.375. The molecule has 1 unspecified atom stereocenters. The largest absolute Gasteiger partial charge is 0.352 e. The van der Waals surface area contributed by atoms with Gasteiger partial charge in [-0.1, -0.05) is 0 Å². The fourth-order valence-corrected chi connectivity index (χ4v) is 1.49. The first-order valence-electron chi connectivity index (χ1n) is 4.99. The predicted molar refractivity (Wildman–Crippen MR) is 77.0 cm³/mol. The third-order valence-electron chi connectivity index (χ3n) is 2.07. The number of benzene rings is 1. The second-order valence-corrected chi connectivity index (χ2v) is 4.81. The number of hydrogen-bond acceptors (Lipinski definition) is 2. The van der Waals surface area contributed by atoms with Gasteiger partial charge in [-0.2, -0.15) is 0 Å². The molecule has 0 heterocycles. The Balaban J connectivity index is 0.00000256. The van der Waals surface area contributed by atoms with Crippen LogP contribution in [0.1, 0.15) is 23.7 Å². The second kappa shape index (κ2) is 7.84. The van der Waals surface area contributed by atoms with E-state index in [1.54, 1.807) is 12.1 Å². The van der Waals surface area contributed by atoms with Gasteiger partial charge < -0.3 is 11.1 Å². The van der Waals surface area contributed by atoms with Gasteiger partial charge in [0.2, 0.25) is 0 Å². The Kier molecular flexibility index (Phi) is 7.65. The fourth-order valence-electron chi connectivity index (χ4n) is 1.15. The summed E-state index contributed by atoms with van der Waals surface area (Å²) in [5, 5.41) is 2.69. The fraction of sp³-hybridized carbons (Fsp3) is 0.364. The van der Waals surface area contributed by atoms with Gasteiger partial charge in [-0.05, 0) is 54.1 Å². The number of hydrogen-bond donors (Lipinski definition) is 2. The lowest BCUT2D eigenvalue weighted by Crippen LogP contribution is -2.29. The molecule has 1 aromatic rings. The highest BCUT2D eigenvalue weighted by Gasteiger charge is 2.08. The summed E-state index contributed by atoms with van der Waals surface area (Å²) in [6.07, 6.45) is 0.707. The zero-order chi connectivity index (χ0) is 12.1. The Morgan fingerprint density at radius 3 is 2.76 bits per heavy atom. The van der Waals surface area contributed by atoms with E-state index in [9.17, 15) is 9.18 Å². The number of nitrogens with two attached hydrogens (primary N) is 1. The molecule has 0 fully saturated rings. The highest BCUT2D eigenvalue weighted by molar-refractivity contribution is 14.1. The molecule has 17 heavy (non-hydrogen) atoms. The number of rotatable bonds is 4. The average molecular weight is 373 g/mol. The summed E-state index contributed by atoms with van der Waals surface area (Å²) in [6, 6.07) is 4.47. The van der Waals surface area contributed by atoms with E-state index in [0.29, 0.717) is 22.1 Å². The van der Waals surface area contributed by atoms with Gasteiger partial charge in [0.25, 0.3) is 5.91 Å². The van der Waals surface area contributed by atoms with Gasteiger partial charge in [0.05, 0.1) is 0 Å². The Labute approximate surface area is 120 Å². The van der Waals surface area contributed by atoms with E-state index in [2.05, 4.69) is 5.32 Å². The molecule has 0 radical (unpaired) electrons. The number of carbonyl (C=O) groups is 1.